The van der Waals surface area contributed by atoms with Gasteiger partial charge in [-0.15, -0.1) is 10.2 Å². The second kappa shape index (κ2) is 4.18. The standard InChI is InChI=1S/C8H13F3N4/c1-5(2)15-6(3-8(9,10)11)13-14-7(15)4-12/h5H,3-4,12H2,1-2H3. The van der Waals surface area contributed by atoms with E-state index in [-0.39, 0.29) is 18.4 Å². The number of hydrogen-bond acceptors (Lipinski definition) is 3. The molecule has 0 atom stereocenters. The van der Waals surface area contributed by atoms with Crippen LogP contribution in [0.1, 0.15) is 31.5 Å². The van der Waals surface area contributed by atoms with Crippen LogP contribution in [0, 0.1) is 0 Å². The van der Waals surface area contributed by atoms with Crippen molar-refractivity contribution < 1.29 is 13.2 Å². The summed E-state index contributed by atoms with van der Waals surface area (Å²) in [5.74, 6) is 0.294. The van der Waals surface area contributed by atoms with Crippen molar-refractivity contribution in [1.29, 1.82) is 0 Å². The Balaban J connectivity index is 3.03. The van der Waals surface area contributed by atoms with E-state index in [4.69, 9.17) is 5.73 Å². The number of nitrogens with zero attached hydrogens (tertiary/aromatic N) is 3. The minimum Gasteiger partial charge on any atom is -0.324 e. The van der Waals surface area contributed by atoms with Gasteiger partial charge in [-0.3, -0.25) is 0 Å². The van der Waals surface area contributed by atoms with E-state index in [0.717, 1.165) is 0 Å². The van der Waals surface area contributed by atoms with Gasteiger partial charge in [-0.1, -0.05) is 0 Å². The van der Waals surface area contributed by atoms with E-state index < -0.39 is 12.6 Å². The number of halogens is 3. The molecule has 1 aromatic rings. The molecule has 0 amide bonds. The largest absolute Gasteiger partial charge is 0.396 e. The molecule has 1 rings (SSSR count). The molecular weight excluding hydrogens is 209 g/mol. The first kappa shape index (κ1) is 12.0. The molecule has 15 heavy (non-hydrogen) atoms. The van der Waals surface area contributed by atoms with Gasteiger partial charge in [0.1, 0.15) is 18.1 Å². The third kappa shape index (κ3) is 2.92. The summed E-state index contributed by atoms with van der Waals surface area (Å²) in [5.41, 5.74) is 5.36. The Morgan fingerprint density at radius 2 is 1.80 bits per heavy atom. The molecule has 0 aliphatic rings. The molecular formula is C8H13F3N4. The molecule has 7 heteroatoms. The van der Waals surface area contributed by atoms with E-state index >= 15 is 0 Å². The van der Waals surface area contributed by atoms with Crippen LogP contribution in [0.25, 0.3) is 0 Å². The van der Waals surface area contributed by atoms with Crippen LogP contribution < -0.4 is 5.73 Å². The van der Waals surface area contributed by atoms with Gasteiger partial charge < -0.3 is 10.3 Å². The molecule has 0 radical (unpaired) electrons. The van der Waals surface area contributed by atoms with Crippen molar-refractivity contribution in [2.75, 3.05) is 0 Å². The van der Waals surface area contributed by atoms with E-state index in [1.807, 2.05) is 0 Å². The fraction of sp³-hybridized carbons (Fsp3) is 0.750. The minimum absolute atomic E-state index is 0.0852. The van der Waals surface area contributed by atoms with Gasteiger partial charge in [-0.2, -0.15) is 13.2 Å². The van der Waals surface area contributed by atoms with Crippen LogP contribution in [-0.2, 0) is 13.0 Å². The van der Waals surface area contributed by atoms with E-state index in [2.05, 4.69) is 10.2 Å². The molecule has 2 N–H and O–H groups in total. The molecule has 4 nitrogen and oxygen atoms in total. The van der Waals surface area contributed by atoms with E-state index in [1.54, 1.807) is 13.8 Å². The van der Waals surface area contributed by atoms with Gasteiger partial charge in [-0.05, 0) is 13.8 Å². The number of rotatable bonds is 3. The summed E-state index contributed by atoms with van der Waals surface area (Å²) in [6, 6.07) is -0.129. The predicted octanol–water partition coefficient (Wildman–Crippen LogP) is 1.42. The monoisotopic (exact) mass is 222 g/mol. The smallest absolute Gasteiger partial charge is 0.324 e. The zero-order valence-electron chi connectivity index (χ0n) is 8.54. The average molecular weight is 222 g/mol. The maximum Gasteiger partial charge on any atom is 0.396 e. The molecule has 1 aromatic heterocycles. The maximum atomic E-state index is 12.2. The fourth-order valence-electron chi connectivity index (χ4n) is 1.40. The van der Waals surface area contributed by atoms with Crippen molar-refractivity contribution in [3.05, 3.63) is 11.6 Å². The molecule has 0 aliphatic carbocycles. The highest BCUT2D eigenvalue weighted by Crippen LogP contribution is 2.22. The summed E-state index contributed by atoms with van der Waals surface area (Å²) in [4.78, 5) is 0. The summed E-state index contributed by atoms with van der Waals surface area (Å²) in [6.07, 6.45) is -5.34. The van der Waals surface area contributed by atoms with Gasteiger partial charge in [0.2, 0.25) is 0 Å². The molecule has 0 saturated carbocycles. The first-order chi connectivity index (χ1) is 6.85. The Morgan fingerprint density at radius 3 is 2.20 bits per heavy atom. The first-order valence-corrected chi connectivity index (χ1v) is 4.54. The second-order valence-corrected chi connectivity index (χ2v) is 3.49. The van der Waals surface area contributed by atoms with Crippen molar-refractivity contribution in [3.63, 3.8) is 0 Å². The zero-order valence-corrected chi connectivity index (χ0v) is 8.54. The summed E-state index contributed by atoms with van der Waals surface area (Å²) in [5, 5.41) is 7.13. The molecule has 0 bridgehead atoms. The highest BCUT2D eigenvalue weighted by atomic mass is 19.4. The third-order valence-corrected chi connectivity index (χ3v) is 1.89. The summed E-state index contributed by atoms with van der Waals surface area (Å²) in [6.45, 7) is 3.62. The Bertz CT molecular complexity index is 329. The SMILES string of the molecule is CC(C)n1c(CN)nnc1CC(F)(F)F. The van der Waals surface area contributed by atoms with E-state index in [9.17, 15) is 13.2 Å². The van der Waals surface area contributed by atoms with Crippen molar-refractivity contribution >= 4 is 0 Å². The number of nitrogens with two attached hydrogens (primary N) is 1. The van der Waals surface area contributed by atoms with Gasteiger partial charge in [0, 0.05) is 6.04 Å². The van der Waals surface area contributed by atoms with E-state index in [1.165, 1.54) is 4.57 Å². The summed E-state index contributed by atoms with van der Waals surface area (Å²) >= 11 is 0. The molecule has 0 fully saturated rings. The summed E-state index contributed by atoms with van der Waals surface area (Å²) < 4.78 is 38.0. The molecule has 0 spiro atoms. The molecule has 86 valence electrons. The number of alkyl halides is 3. The molecule has 0 saturated heterocycles. The lowest BCUT2D eigenvalue weighted by atomic mass is 10.3. The second-order valence-electron chi connectivity index (χ2n) is 3.49. The lowest BCUT2D eigenvalue weighted by Gasteiger charge is -2.14. The molecule has 1 heterocycles. The Hall–Kier alpha value is -1.11. The first-order valence-electron chi connectivity index (χ1n) is 4.54. The Kier molecular flexibility index (Phi) is 3.33. The topological polar surface area (TPSA) is 56.7 Å². The Morgan fingerprint density at radius 1 is 1.27 bits per heavy atom. The minimum atomic E-state index is -4.27. The van der Waals surface area contributed by atoms with Gasteiger partial charge in [0.25, 0.3) is 0 Å². The maximum absolute atomic E-state index is 12.2. The Labute approximate surface area is 85.3 Å². The lowest BCUT2D eigenvalue weighted by molar-refractivity contribution is -0.129. The number of aromatic nitrogens is 3. The normalized spacial score (nSPS) is 12.5. The zero-order chi connectivity index (χ0) is 11.6. The van der Waals surface area contributed by atoms with Crippen molar-refractivity contribution in [2.24, 2.45) is 5.73 Å². The van der Waals surface area contributed by atoms with Crippen LogP contribution in [0.2, 0.25) is 0 Å². The predicted molar refractivity (Wildman–Crippen MR) is 48.1 cm³/mol. The van der Waals surface area contributed by atoms with Crippen LogP contribution in [-0.4, -0.2) is 20.9 Å². The van der Waals surface area contributed by atoms with Gasteiger partial charge >= 0.3 is 6.18 Å². The highest BCUT2D eigenvalue weighted by Gasteiger charge is 2.31. The fourth-order valence-corrected chi connectivity index (χ4v) is 1.40. The van der Waals surface area contributed by atoms with Gasteiger partial charge in [0.15, 0.2) is 0 Å². The lowest BCUT2D eigenvalue weighted by Crippen LogP contribution is -2.19. The van der Waals surface area contributed by atoms with Crippen LogP contribution in [0.15, 0.2) is 0 Å². The number of hydrogen-bond donors (Lipinski definition) is 1. The van der Waals surface area contributed by atoms with Crippen LogP contribution >= 0.6 is 0 Å². The molecule has 0 unspecified atom stereocenters. The van der Waals surface area contributed by atoms with Crippen LogP contribution in [0.3, 0.4) is 0 Å². The summed E-state index contributed by atoms with van der Waals surface area (Å²) in [7, 11) is 0. The highest BCUT2D eigenvalue weighted by molar-refractivity contribution is 4.99. The van der Waals surface area contributed by atoms with E-state index in [0.29, 0.717) is 5.82 Å². The van der Waals surface area contributed by atoms with Crippen molar-refractivity contribution in [3.8, 4) is 0 Å². The average Bonchev–Trinajstić information content (AvgIpc) is 2.44. The van der Waals surface area contributed by atoms with Gasteiger partial charge in [0.05, 0.1) is 6.54 Å². The van der Waals surface area contributed by atoms with Gasteiger partial charge in [-0.25, -0.2) is 0 Å². The van der Waals surface area contributed by atoms with Crippen LogP contribution in [0.4, 0.5) is 13.2 Å². The third-order valence-electron chi connectivity index (χ3n) is 1.89. The van der Waals surface area contributed by atoms with Crippen LogP contribution in [0.5, 0.6) is 0 Å². The van der Waals surface area contributed by atoms with Crippen molar-refractivity contribution in [1.82, 2.24) is 14.8 Å². The van der Waals surface area contributed by atoms with Crippen molar-refractivity contribution in [2.45, 2.75) is 39.0 Å². The molecule has 0 aliphatic heterocycles. The quantitative estimate of drug-likeness (QED) is 0.841. The molecule has 0 aromatic carbocycles.